The van der Waals surface area contributed by atoms with Crippen LogP contribution in [0.2, 0.25) is 5.02 Å². The van der Waals surface area contributed by atoms with E-state index in [2.05, 4.69) is 10.0 Å². The maximum atomic E-state index is 12.4. The summed E-state index contributed by atoms with van der Waals surface area (Å²) in [5.41, 5.74) is 0. The van der Waals surface area contributed by atoms with Crippen LogP contribution in [0, 0.1) is 0 Å². The molecule has 0 aliphatic rings. The molecule has 0 saturated carbocycles. The van der Waals surface area contributed by atoms with Gasteiger partial charge in [-0.15, -0.1) is 0 Å². The summed E-state index contributed by atoms with van der Waals surface area (Å²) < 4.78 is 32.2. The standard InChI is InChI=1S/C14H21ClN2O4S/c1-5-9(2)16-14(18)10(3)17-22(19,20)13-8-11(15)6-7-12(13)21-4/h6-10,17H,5H2,1-4H3,(H,16,18)/t9-,10+/m0/s1. The summed E-state index contributed by atoms with van der Waals surface area (Å²) in [7, 11) is -2.57. The number of hydrogen-bond acceptors (Lipinski definition) is 4. The molecule has 1 aromatic carbocycles. The Hall–Kier alpha value is -1.31. The maximum absolute atomic E-state index is 12.4. The summed E-state index contributed by atoms with van der Waals surface area (Å²) in [6.07, 6.45) is 0.757. The third kappa shape index (κ3) is 4.86. The average molecular weight is 349 g/mol. The molecule has 2 atom stereocenters. The van der Waals surface area contributed by atoms with Crippen LogP contribution < -0.4 is 14.8 Å². The molecule has 1 rings (SSSR count). The van der Waals surface area contributed by atoms with Crippen LogP contribution in [0.5, 0.6) is 5.75 Å². The highest BCUT2D eigenvalue weighted by Crippen LogP contribution is 2.27. The molecule has 0 spiro atoms. The fourth-order valence-electron chi connectivity index (χ4n) is 1.68. The van der Waals surface area contributed by atoms with Gasteiger partial charge in [0.05, 0.1) is 13.2 Å². The van der Waals surface area contributed by atoms with Gasteiger partial charge in [0.1, 0.15) is 10.6 Å². The third-order valence-corrected chi connectivity index (χ3v) is 4.94. The summed E-state index contributed by atoms with van der Waals surface area (Å²) >= 11 is 5.84. The van der Waals surface area contributed by atoms with E-state index in [1.807, 2.05) is 13.8 Å². The van der Waals surface area contributed by atoms with Crippen molar-refractivity contribution < 1.29 is 17.9 Å². The molecule has 22 heavy (non-hydrogen) atoms. The molecule has 0 bridgehead atoms. The lowest BCUT2D eigenvalue weighted by Crippen LogP contribution is -2.47. The van der Waals surface area contributed by atoms with E-state index < -0.39 is 16.1 Å². The number of methoxy groups -OCH3 is 1. The van der Waals surface area contributed by atoms with E-state index in [9.17, 15) is 13.2 Å². The molecule has 0 radical (unpaired) electrons. The molecule has 2 N–H and O–H groups in total. The van der Waals surface area contributed by atoms with Gasteiger partial charge in [0.2, 0.25) is 15.9 Å². The van der Waals surface area contributed by atoms with Crippen molar-refractivity contribution in [3.8, 4) is 5.75 Å². The number of benzene rings is 1. The van der Waals surface area contributed by atoms with Crippen LogP contribution in [0.4, 0.5) is 0 Å². The van der Waals surface area contributed by atoms with E-state index in [1.54, 1.807) is 0 Å². The fraction of sp³-hybridized carbons (Fsp3) is 0.500. The van der Waals surface area contributed by atoms with Crippen LogP contribution in [0.15, 0.2) is 23.1 Å². The fourth-order valence-corrected chi connectivity index (χ4v) is 3.31. The minimum Gasteiger partial charge on any atom is -0.495 e. The summed E-state index contributed by atoms with van der Waals surface area (Å²) in [6, 6.07) is 3.32. The molecule has 0 fully saturated rings. The van der Waals surface area contributed by atoms with Gasteiger partial charge in [0.25, 0.3) is 0 Å². The van der Waals surface area contributed by atoms with Gasteiger partial charge in [-0.1, -0.05) is 18.5 Å². The lowest BCUT2D eigenvalue weighted by atomic mass is 10.2. The summed E-state index contributed by atoms with van der Waals surface area (Å²) in [5, 5.41) is 2.98. The van der Waals surface area contributed by atoms with Crippen molar-refractivity contribution >= 4 is 27.5 Å². The molecule has 1 aromatic rings. The van der Waals surface area contributed by atoms with Crippen LogP contribution in [-0.2, 0) is 14.8 Å². The van der Waals surface area contributed by atoms with Gasteiger partial charge in [-0.25, -0.2) is 8.42 Å². The van der Waals surface area contributed by atoms with E-state index in [0.29, 0.717) is 0 Å². The summed E-state index contributed by atoms with van der Waals surface area (Å²) in [5.74, 6) is -0.231. The lowest BCUT2D eigenvalue weighted by molar-refractivity contribution is -0.122. The van der Waals surface area contributed by atoms with Crippen LogP contribution in [0.1, 0.15) is 27.2 Å². The molecule has 0 heterocycles. The second-order valence-electron chi connectivity index (χ2n) is 4.96. The van der Waals surface area contributed by atoms with Crippen LogP contribution in [0.25, 0.3) is 0 Å². The number of ether oxygens (including phenoxy) is 1. The molecule has 0 aromatic heterocycles. The van der Waals surface area contributed by atoms with E-state index in [0.717, 1.165) is 6.42 Å². The number of hydrogen-bond donors (Lipinski definition) is 2. The zero-order valence-corrected chi connectivity index (χ0v) is 14.6. The van der Waals surface area contributed by atoms with Gasteiger partial charge in [0.15, 0.2) is 0 Å². The second kappa shape index (κ2) is 7.80. The van der Waals surface area contributed by atoms with Crippen LogP contribution >= 0.6 is 11.6 Å². The largest absolute Gasteiger partial charge is 0.495 e. The SMILES string of the molecule is CC[C@H](C)NC(=O)[C@@H](C)NS(=O)(=O)c1cc(Cl)ccc1OC. The normalized spacial score (nSPS) is 14.2. The Bertz CT molecular complexity index is 634. The third-order valence-electron chi connectivity index (χ3n) is 3.14. The maximum Gasteiger partial charge on any atom is 0.245 e. The first-order chi connectivity index (χ1) is 10.2. The lowest BCUT2D eigenvalue weighted by Gasteiger charge is -2.18. The van der Waals surface area contributed by atoms with Gasteiger partial charge in [0, 0.05) is 11.1 Å². The molecule has 8 heteroatoms. The number of amides is 1. The Morgan fingerprint density at radius 2 is 2.00 bits per heavy atom. The van der Waals surface area contributed by atoms with E-state index >= 15 is 0 Å². The highest BCUT2D eigenvalue weighted by Gasteiger charge is 2.25. The number of carbonyl (C=O) groups excluding carboxylic acids is 1. The quantitative estimate of drug-likeness (QED) is 0.788. The molecular weight excluding hydrogens is 328 g/mol. The van der Waals surface area contributed by atoms with Gasteiger partial charge in [-0.2, -0.15) is 4.72 Å². The Labute approximate surface area is 136 Å². The Morgan fingerprint density at radius 3 is 2.55 bits per heavy atom. The number of halogens is 1. The number of carbonyl (C=O) groups is 1. The molecule has 124 valence electrons. The Balaban J connectivity index is 2.96. The molecular formula is C14H21ClN2O4S. The predicted octanol–water partition coefficient (Wildman–Crippen LogP) is 1.93. The van der Waals surface area contributed by atoms with Crippen molar-refractivity contribution in [2.45, 2.75) is 44.2 Å². The first-order valence-corrected chi connectivity index (χ1v) is 8.73. The highest BCUT2D eigenvalue weighted by molar-refractivity contribution is 7.89. The van der Waals surface area contributed by atoms with Crippen molar-refractivity contribution in [1.82, 2.24) is 10.0 Å². The smallest absolute Gasteiger partial charge is 0.245 e. The van der Waals surface area contributed by atoms with Gasteiger partial charge >= 0.3 is 0 Å². The monoisotopic (exact) mass is 348 g/mol. The van der Waals surface area contributed by atoms with E-state index in [4.69, 9.17) is 16.3 Å². The summed E-state index contributed by atoms with van der Waals surface area (Å²) in [6.45, 7) is 5.25. The van der Waals surface area contributed by atoms with Crippen molar-refractivity contribution in [1.29, 1.82) is 0 Å². The number of nitrogens with one attached hydrogen (secondary N) is 2. The molecule has 0 saturated heterocycles. The van der Waals surface area contributed by atoms with Gasteiger partial charge < -0.3 is 10.1 Å². The predicted molar refractivity (Wildman–Crippen MR) is 85.7 cm³/mol. The van der Waals surface area contributed by atoms with Crippen LogP contribution in [-0.4, -0.2) is 33.5 Å². The molecule has 0 unspecified atom stereocenters. The topological polar surface area (TPSA) is 84.5 Å². The average Bonchev–Trinajstić information content (AvgIpc) is 2.46. The van der Waals surface area contributed by atoms with Crippen molar-refractivity contribution in [2.75, 3.05) is 7.11 Å². The second-order valence-corrected chi connectivity index (χ2v) is 7.07. The van der Waals surface area contributed by atoms with Crippen molar-refractivity contribution in [2.24, 2.45) is 0 Å². The molecule has 1 amide bonds. The highest BCUT2D eigenvalue weighted by atomic mass is 35.5. The first kappa shape index (κ1) is 18.7. The van der Waals surface area contributed by atoms with Gasteiger partial charge in [-0.3, -0.25) is 4.79 Å². The summed E-state index contributed by atoms with van der Waals surface area (Å²) in [4.78, 5) is 11.8. The minimum absolute atomic E-state index is 0.0276. The van der Waals surface area contributed by atoms with Crippen molar-refractivity contribution in [3.63, 3.8) is 0 Å². The zero-order chi connectivity index (χ0) is 16.9. The Morgan fingerprint density at radius 1 is 1.36 bits per heavy atom. The van der Waals surface area contributed by atoms with Gasteiger partial charge in [-0.05, 0) is 38.5 Å². The number of rotatable bonds is 7. The minimum atomic E-state index is -3.93. The number of sulfonamides is 1. The molecule has 0 aliphatic heterocycles. The van der Waals surface area contributed by atoms with E-state index in [-0.39, 0.29) is 27.6 Å². The van der Waals surface area contributed by atoms with Crippen LogP contribution in [0.3, 0.4) is 0 Å². The zero-order valence-electron chi connectivity index (χ0n) is 13.0. The van der Waals surface area contributed by atoms with Crippen molar-refractivity contribution in [3.05, 3.63) is 23.2 Å². The van der Waals surface area contributed by atoms with E-state index in [1.165, 1.54) is 32.2 Å². The Kier molecular flexibility index (Phi) is 6.65. The molecule has 0 aliphatic carbocycles. The first-order valence-electron chi connectivity index (χ1n) is 6.87. The molecule has 6 nitrogen and oxygen atoms in total.